The molecule has 5 heteroatoms. The van der Waals surface area contributed by atoms with E-state index in [-0.39, 0.29) is 0 Å². The first kappa shape index (κ1) is 13.5. The Hall–Kier alpha value is -1.20. The number of hydrogen-bond donors (Lipinski definition) is 1. The predicted molar refractivity (Wildman–Crippen MR) is 83.3 cm³/mol. The van der Waals surface area contributed by atoms with Crippen molar-refractivity contribution in [2.45, 2.75) is 56.8 Å². The van der Waals surface area contributed by atoms with Gasteiger partial charge in [-0.2, -0.15) is 5.10 Å². The molecule has 1 aromatic heterocycles. The molecule has 3 heterocycles. The van der Waals surface area contributed by atoms with Gasteiger partial charge in [-0.05, 0) is 51.3 Å². The molecule has 2 aliphatic heterocycles. The molecule has 2 bridgehead atoms. The van der Waals surface area contributed by atoms with Crippen molar-refractivity contribution in [3.8, 4) is 0 Å². The average Bonchev–Trinajstić information content (AvgIpc) is 3.26. The highest BCUT2D eigenvalue weighted by Crippen LogP contribution is 2.29. The number of rotatable bonds is 4. The Bertz CT molecular complexity index is 484. The molecule has 114 valence electrons. The summed E-state index contributed by atoms with van der Waals surface area (Å²) >= 11 is 0. The molecule has 2 atom stereocenters. The van der Waals surface area contributed by atoms with Crippen LogP contribution in [-0.4, -0.2) is 53.4 Å². The minimum absolute atomic E-state index is 0.690. The van der Waals surface area contributed by atoms with Gasteiger partial charge < -0.3 is 10.2 Å². The second kappa shape index (κ2) is 5.54. The molecule has 4 rings (SSSR count). The predicted octanol–water partition coefficient (Wildman–Crippen LogP) is 1.40. The van der Waals surface area contributed by atoms with Gasteiger partial charge in [-0.25, -0.2) is 0 Å². The Kier molecular flexibility index (Phi) is 3.55. The van der Waals surface area contributed by atoms with Gasteiger partial charge in [0, 0.05) is 37.8 Å². The molecule has 1 N–H and O–H groups in total. The summed E-state index contributed by atoms with van der Waals surface area (Å²) in [4.78, 5) is 4.99. The Morgan fingerprint density at radius 3 is 2.71 bits per heavy atom. The normalized spacial score (nSPS) is 29.7. The lowest BCUT2D eigenvalue weighted by Gasteiger charge is -2.26. The van der Waals surface area contributed by atoms with Crippen LogP contribution in [-0.2, 0) is 6.54 Å². The molecule has 2 saturated heterocycles. The van der Waals surface area contributed by atoms with Crippen molar-refractivity contribution >= 4 is 5.82 Å². The van der Waals surface area contributed by atoms with Crippen LogP contribution in [0.25, 0.3) is 0 Å². The third-order valence-electron chi connectivity index (χ3n) is 5.33. The Morgan fingerprint density at radius 1 is 1.10 bits per heavy atom. The Labute approximate surface area is 126 Å². The second-order valence-electron chi connectivity index (χ2n) is 6.82. The summed E-state index contributed by atoms with van der Waals surface area (Å²) in [5, 5.41) is 12.4. The zero-order valence-electron chi connectivity index (χ0n) is 12.8. The average molecular weight is 287 g/mol. The van der Waals surface area contributed by atoms with Gasteiger partial charge in [-0.1, -0.05) is 0 Å². The zero-order valence-corrected chi connectivity index (χ0v) is 12.8. The van der Waals surface area contributed by atoms with Crippen molar-refractivity contribution in [1.29, 1.82) is 0 Å². The first-order valence-corrected chi connectivity index (χ1v) is 8.32. The summed E-state index contributed by atoms with van der Waals surface area (Å²) in [7, 11) is 2.28. The first-order valence-electron chi connectivity index (χ1n) is 8.32. The molecule has 1 saturated carbocycles. The largest absolute Gasteiger partial charge is 0.354 e. The number of aromatic nitrogens is 2. The zero-order chi connectivity index (χ0) is 14.2. The summed E-state index contributed by atoms with van der Waals surface area (Å²) < 4.78 is 0. The summed E-state index contributed by atoms with van der Waals surface area (Å²) in [5.41, 5.74) is 1.05. The van der Waals surface area contributed by atoms with Gasteiger partial charge in [0.15, 0.2) is 5.82 Å². The van der Waals surface area contributed by atoms with Gasteiger partial charge in [-0.15, -0.1) is 5.10 Å². The van der Waals surface area contributed by atoms with E-state index in [0.717, 1.165) is 43.2 Å². The number of fused-ring (bicyclic) bond motifs is 2. The van der Waals surface area contributed by atoms with E-state index in [1.807, 2.05) is 0 Å². The number of nitrogens with zero attached hydrogens (tertiary/aromatic N) is 4. The molecule has 3 fully saturated rings. The minimum Gasteiger partial charge on any atom is -0.354 e. The van der Waals surface area contributed by atoms with Crippen molar-refractivity contribution in [2.24, 2.45) is 0 Å². The fourth-order valence-corrected chi connectivity index (χ4v) is 3.67. The van der Waals surface area contributed by atoms with Gasteiger partial charge in [0.25, 0.3) is 0 Å². The van der Waals surface area contributed by atoms with Crippen LogP contribution in [0.3, 0.4) is 0 Å². The van der Waals surface area contributed by atoms with Gasteiger partial charge in [0.1, 0.15) is 0 Å². The smallest absolute Gasteiger partial charge is 0.151 e. The second-order valence-corrected chi connectivity index (χ2v) is 6.82. The monoisotopic (exact) mass is 287 g/mol. The summed E-state index contributed by atoms with van der Waals surface area (Å²) in [6.45, 7) is 3.06. The van der Waals surface area contributed by atoms with E-state index in [0.29, 0.717) is 6.04 Å². The van der Waals surface area contributed by atoms with Gasteiger partial charge in [0.2, 0.25) is 0 Å². The summed E-state index contributed by atoms with van der Waals surface area (Å²) in [6.07, 6.45) is 6.57. The van der Waals surface area contributed by atoms with Crippen LogP contribution < -0.4 is 10.2 Å². The number of likely N-dealkylation sites (N-methyl/N-ethyl adjacent to an activating group) is 1. The van der Waals surface area contributed by atoms with Crippen molar-refractivity contribution in [3.63, 3.8) is 0 Å². The fourth-order valence-electron chi connectivity index (χ4n) is 3.67. The van der Waals surface area contributed by atoms with Crippen molar-refractivity contribution in [3.05, 3.63) is 17.8 Å². The molecule has 3 aliphatic rings. The molecule has 5 nitrogen and oxygen atoms in total. The molecule has 0 spiro atoms. The molecule has 2 unspecified atom stereocenters. The molecule has 1 aliphatic carbocycles. The number of hydrogen-bond acceptors (Lipinski definition) is 5. The minimum atomic E-state index is 0.690. The summed E-state index contributed by atoms with van der Waals surface area (Å²) in [6, 6.07) is 6.47. The standard InChI is InChI=1S/C16H25N5/c1-20-14-5-6-15(20)11-21(9-8-14)16-7-4-13(18-19-16)10-17-12-2-3-12/h4,7,12,14-15,17H,2-3,5-6,8-11H2,1H3. The van der Waals surface area contributed by atoms with Crippen molar-refractivity contribution < 1.29 is 0 Å². The lowest BCUT2D eigenvalue weighted by Crippen LogP contribution is -2.37. The lowest BCUT2D eigenvalue weighted by atomic mass is 10.1. The maximum atomic E-state index is 4.47. The first-order chi connectivity index (χ1) is 10.3. The van der Waals surface area contributed by atoms with Crippen LogP contribution in [0.15, 0.2) is 12.1 Å². The number of nitrogens with one attached hydrogen (secondary N) is 1. The van der Waals surface area contributed by atoms with Crippen LogP contribution in [0, 0.1) is 0 Å². The van der Waals surface area contributed by atoms with Crippen LogP contribution in [0.4, 0.5) is 5.82 Å². The molecule has 0 radical (unpaired) electrons. The Morgan fingerprint density at radius 2 is 1.95 bits per heavy atom. The number of anilines is 1. The molecule has 1 aromatic rings. The summed E-state index contributed by atoms with van der Waals surface area (Å²) in [5.74, 6) is 1.05. The maximum Gasteiger partial charge on any atom is 0.151 e. The highest BCUT2D eigenvalue weighted by Gasteiger charge is 2.35. The van der Waals surface area contributed by atoms with E-state index >= 15 is 0 Å². The highest BCUT2D eigenvalue weighted by atomic mass is 15.3. The third kappa shape index (κ3) is 2.90. The van der Waals surface area contributed by atoms with Crippen LogP contribution in [0.2, 0.25) is 0 Å². The van der Waals surface area contributed by atoms with Crippen LogP contribution >= 0.6 is 0 Å². The van der Waals surface area contributed by atoms with E-state index in [9.17, 15) is 0 Å². The van der Waals surface area contributed by atoms with E-state index in [2.05, 4.69) is 44.5 Å². The van der Waals surface area contributed by atoms with E-state index in [1.165, 1.54) is 32.1 Å². The lowest BCUT2D eigenvalue weighted by molar-refractivity contribution is 0.254. The fraction of sp³-hybridized carbons (Fsp3) is 0.750. The maximum absolute atomic E-state index is 4.47. The van der Waals surface area contributed by atoms with Gasteiger partial charge in [0.05, 0.1) is 5.69 Å². The quantitative estimate of drug-likeness (QED) is 0.907. The van der Waals surface area contributed by atoms with Gasteiger partial charge >= 0.3 is 0 Å². The molecule has 0 amide bonds. The SMILES string of the molecule is CN1C2CCC1CN(c1ccc(CNC3CC3)nn1)CC2. The molecule has 21 heavy (non-hydrogen) atoms. The topological polar surface area (TPSA) is 44.3 Å². The van der Waals surface area contributed by atoms with Crippen molar-refractivity contribution in [2.75, 3.05) is 25.0 Å². The van der Waals surface area contributed by atoms with E-state index in [1.54, 1.807) is 0 Å². The van der Waals surface area contributed by atoms with Gasteiger partial charge in [-0.3, -0.25) is 4.90 Å². The Balaban J connectivity index is 1.40. The molecular formula is C16H25N5. The van der Waals surface area contributed by atoms with Crippen LogP contribution in [0.1, 0.15) is 37.8 Å². The highest BCUT2D eigenvalue weighted by molar-refractivity contribution is 5.38. The van der Waals surface area contributed by atoms with E-state index < -0.39 is 0 Å². The third-order valence-corrected chi connectivity index (χ3v) is 5.33. The van der Waals surface area contributed by atoms with Crippen molar-refractivity contribution in [1.82, 2.24) is 20.4 Å². The molecular weight excluding hydrogens is 262 g/mol. The molecule has 0 aromatic carbocycles. The van der Waals surface area contributed by atoms with Crippen LogP contribution in [0.5, 0.6) is 0 Å². The van der Waals surface area contributed by atoms with E-state index in [4.69, 9.17) is 0 Å².